The van der Waals surface area contributed by atoms with Gasteiger partial charge in [0.25, 0.3) is 0 Å². The van der Waals surface area contributed by atoms with Crippen molar-refractivity contribution in [2.45, 2.75) is 36.6 Å². The van der Waals surface area contributed by atoms with Crippen LogP contribution in [0.5, 0.6) is 0 Å². The van der Waals surface area contributed by atoms with Crippen molar-refractivity contribution in [1.82, 2.24) is 9.55 Å². The van der Waals surface area contributed by atoms with Crippen LogP contribution >= 0.6 is 21.6 Å². The zero-order valence-electron chi connectivity index (χ0n) is 14.7. The Balaban J connectivity index is 1.83. The SMILES string of the molecule is COC(=O)[C@@H](N)CSSc1ncc(CN)n1C1CCc2c(F)cc(F)cc21. The first-order chi connectivity index (χ1) is 13.0. The molecule has 0 aliphatic heterocycles. The highest BCUT2D eigenvalue weighted by molar-refractivity contribution is 8.76. The van der Waals surface area contributed by atoms with E-state index in [0.717, 1.165) is 11.8 Å². The van der Waals surface area contributed by atoms with Crippen LogP contribution in [0.2, 0.25) is 0 Å². The summed E-state index contributed by atoms with van der Waals surface area (Å²) >= 11 is 0. The molecule has 0 radical (unpaired) electrons. The lowest BCUT2D eigenvalue weighted by Crippen LogP contribution is -2.33. The first kappa shape index (κ1) is 20.1. The maximum absolute atomic E-state index is 14.1. The number of benzene rings is 1. The number of carbonyl (C=O) groups excluding carboxylic acids is 1. The van der Waals surface area contributed by atoms with Crippen LogP contribution in [0.1, 0.15) is 29.3 Å². The lowest BCUT2D eigenvalue weighted by atomic mass is 10.1. The molecule has 0 amide bonds. The number of ether oxygens (including phenoxy) is 1. The van der Waals surface area contributed by atoms with E-state index in [1.165, 1.54) is 34.8 Å². The Bertz CT molecular complexity index is 847. The molecule has 1 aromatic heterocycles. The molecule has 1 heterocycles. The maximum atomic E-state index is 14.1. The van der Waals surface area contributed by atoms with Crippen molar-refractivity contribution in [2.75, 3.05) is 12.9 Å². The summed E-state index contributed by atoms with van der Waals surface area (Å²) in [5.41, 5.74) is 13.5. The van der Waals surface area contributed by atoms with Gasteiger partial charge in [0, 0.05) is 18.4 Å². The Morgan fingerprint density at radius 3 is 2.96 bits per heavy atom. The van der Waals surface area contributed by atoms with E-state index in [2.05, 4.69) is 9.72 Å². The van der Waals surface area contributed by atoms with Crippen LogP contribution in [-0.4, -0.2) is 34.4 Å². The van der Waals surface area contributed by atoms with Gasteiger partial charge in [0.1, 0.15) is 17.7 Å². The van der Waals surface area contributed by atoms with Crippen LogP contribution in [0.3, 0.4) is 0 Å². The Morgan fingerprint density at radius 1 is 1.48 bits per heavy atom. The minimum atomic E-state index is -0.736. The number of rotatable bonds is 7. The molecule has 2 aromatic rings. The Hall–Kier alpha value is -1.62. The fourth-order valence-corrected chi connectivity index (χ4v) is 5.40. The van der Waals surface area contributed by atoms with Gasteiger partial charge in [0.15, 0.2) is 5.16 Å². The molecule has 1 aliphatic rings. The number of nitrogens with zero attached hydrogens (tertiary/aromatic N) is 2. The fraction of sp³-hybridized carbons (Fsp3) is 0.412. The quantitative estimate of drug-likeness (QED) is 0.530. The standard InChI is InChI=1S/C17H20F2N4O2S2/c1-25-16(24)14(21)8-26-27-17-22-7-10(6-20)23(17)15-3-2-11-12(15)4-9(18)5-13(11)19/h4-5,7,14-15H,2-3,6,8,20-21H2,1H3/t14-,15?/m0/s1. The highest BCUT2D eigenvalue weighted by Gasteiger charge is 2.30. The molecule has 1 unspecified atom stereocenters. The van der Waals surface area contributed by atoms with E-state index in [9.17, 15) is 13.6 Å². The molecule has 0 fully saturated rings. The summed E-state index contributed by atoms with van der Waals surface area (Å²) in [7, 11) is 4.00. The number of hydrogen-bond acceptors (Lipinski definition) is 7. The Labute approximate surface area is 163 Å². The van der Waals surface area contributed by atoms with Crippen molar-refractivity contribution in [3.63, 3.8) is 0 Å². The summed E-state index contributed by atoms with van der Waals surface area (Å²) in [6.45, 7) is 0.254. The van der Waals surface area contributed by atoms with Gasteiger partial charge in [-0.05, 0) is 40.8 Å². The molecule has 1 aliphatic carbocycles. The number of aromatic nitrogens is 2. The normalized spacial score (nSPS) is 17.0. The van der Waals surface area contributed by atoms with Crippen LogP contribution in [0, 0.1) is 11.6 Å². The van der Waals surface area contributed by atoms with Crippen molar-refractivity contribution in [1.29, 1.82) is 0 Å². The molecule has 146 valence electrons. The molecule has 3 rings (SSSR count). The predicted molar refractivity (Wildman–Crippen MR) is 101 cm³/mol. The summed E-state index contributed by atoms with van der Waals surface area (Å²) < 4.78 is 34.4. The second-order valence-corrected chi connectivity index (χ2v) is 8.42. The van der Waals surface area contributed by atoms with Crippen LogP contribution in [0.25, 0.3) is 0 Å². The van der Waals surface area contributed by atoms with Gasteiger partial charge in [-0.2, -0.15) is 0 Å². The number of esters is 1. The molecule has 1 aromatic carbocycles. The number of fused-ring (bicyclic) bond motifs is 1. The van der Waals surface area contributed by atoms with Crippen LogP contribution in [0.4, 0.5) is 8.78 Å². The molecule has 0 saturated carbocycles. The van der Waals surface area contributed by atoms with Crippen LogP contribution in [0.15, 0.2) is 23.5 Å². The third kappa shape index (κ3) is 4.13. The second kappa shape index (κ2) is 8.59. The minimum absolute atomic E-state index is 0.233. The van der Waals surface area contributed by atoms with E-state index >= 15 is 0 Å². The maximum Gasteiger partial charge on any atom is 0.323 e. The Morgan fingerprint density at radius 2 is 2.26 bits per heavy atom. The molecule has 4 N–H and O–H groups in total. The lowest BCUT2D eigenvalue weighted by molar-refractivity contribution is -0.141. The highest BCUT2D eigenvalue weighted by atomic mass is 33.1. The third-order valence-electron chi connectivity index (χ3n) is 4.47. The van der Waals surface area contributed by atoms with Gasteiger partial charge in [-0.25, -0.2) is 13.8 Å². The average molecular weight is 415 g/mol. The van der Waals surface area contributed by atoms with E-state index in [4.69, 9.17) is 11.5 Å². The van der Waals surface area contributed by atoms with Gasteiger partial charge in [0.05, 0.1) is 25.0 Å². The van der Waals surface area contributed by atoms with Gasteiger partial charge in [-0.3, -0.25) is 4.79 Å². The number of methoxy groups -OCH3 is 1. The summed E-state index contributed by atoms with van der Waals surface area (Å²) in [6.07, 6.45) is 2.83. The van der Waals surface area contributed by atoms with Gasteiger partial charge in [-0.15, -0.1) is 0 Å². The molecular weight excluding hydrogens is 394 g/mol. The molecule has 0 bridgehead atoms. The number of imidazole rings is 1. The topological polar surface area (TPSA) is 96.2 Å². The third-order valence-corrected chi connectivity index (χ3v) is 6.74. The van der Waals surface area contributed by atoms with Crippen LogP contribution < -0.4 is 11.5 Å². The van der Waals surface area contributed by atoms with Crippen molar-refractivity contribution in [3.8, 4) is 0 Å². The smallest absolute Gasteiger partial charge is 0.323 e. The number of hydrogen-bond donors (Lipinski definition) is 2. The average Bonchev–Trinajstić information content (AvgIpc) is 3.24. The van der Waals surface area contributed by atoms with E-state index in [-0.39, 0.29) is 12.6 Å². The number of halogens is 2. The van der Waals surface area contributed by atoms with E-state index in [0.29, 0.717) is 34.9 Å². The van der Waals surface area contributed by atoms with Crippen molar-refractivity contribution in [3.05, 3.63) is 46.8 Å². The van der Waals surface area contributed by atoms with Gasteiger partial charge in [-0.1, -0.05) is 10.8 Å². The lowest BCUT2D eigenvalue weighted by Gasteiger charge is -2.19. The number of nitrogens with two attached hydrogens (primary N) is 2. The number of carbonyl (C=O) groups is 1. The molecule has 0 saturated heterocycles. The molecule has 27 heavy (non-hydrogen) atoms. The summed E-state index contributed by atoms with van der Waals surface area (Å²) in [5.74, 6) is -1.26. The van der Waals surface area contributed by atoms with E-state index < -0.39 is 23.6 Å². The van der Waals surface area contributed by atoms with Crippen molar-refractivity contribution in [2.24, 2.45) is 11.5 Å². The zero-order chi connectivity index (χ0) is 19.6. The first-order valence-corrected chi connectivity index (χ1v) is 10.6. The molecule has 10 heteroatoms. The Kier molecular flexibility index (Phi) is 6.40. The molecule has 0 spiro atoms. The fourth-order valence-electron chi connectivity index (χ4n) is 3.19. The monoisotopic (exact) mass is 414 g/mol. The molecule has 2 atom stereocenters. The van der Waals surface area contributed by atoms with Crippen molar-refractivity contribution >= 4 is 27.6 Å². The highest BCUT2D eigenvalue weighted by Crippen LogP contribution is 2.41. The predicted octanol–water partition coefficient (Wildman–Crippen LogP) is 2.40. The summed E-state index contributed by atoms with van der Waals surface area (Å²) in [5, 5.41) is 0.653. The minimum Gasteiger partial charge on any atom is -0.468 e. The van der Waals surface area contributed by atoms with E-state index in [1.54, 1.807) is 6.20 Å². The van der Waals surface area contributed by atoms with Crippen LogP contribution in [-0.2, 0) is 22.5 Å². The molecule has 6 nitrogen and oxygen atoms in total. The largest absolute Gasteiger partial charge is 0.468 e. The first-order valence-electron chi connectivity index (χ1n) is 8.33. The van der Waals surface area contributed by atoms with Gasteiger partial charge in [0.2, 0.25) is 0 Å². The van der Waals surface area contributed by atoms with E-state index in [1.807, 2.05) is 4.57 Å². The van der Waals surface area contributed by atoms with Gasteiger partial charge < -0.3 is 20.8 Å². The second-order valence-electron chi connectivity index (χ2n) is 6.11. The van der Waals surface area contributed by atoms with Crippen molar-refractivity contribution < 1.29 is 18.3 Å². The van der Waals surface area contributed by atoms with Gasteiger partial charge >= 0.3 is 5.97 Å². The molecular formula is C17H20F2N4O2S2. The summed E-state index contributed by atoms with van der Waals surface area (Å²) in [4.78, 5) is 15.8. The zero-order valence-corrected chi connectivity index (χ0v) is 16.3. The summed E-state index contributed by atoms with van der Waals surface area (Å²) in [6, 6.07) is 1.33.